The van der Waals surface area contributed by atoms with E-state index in [0.717, 1.165) is 12.8 Å². The number of rotatable bonds is 0. The maximum absolute atomic E-state index is 13.7. The van der Waals surface area contributed by atoms with Crippen molar-refractivity contribution in [2.45, 2.75) is 25.6 Å². The number of hydrogen-bond acceptors (Lipinski definition) is 6. The fraction of sp³-hybridized carbons (Fsp3) is 0.353. The van der Waals surface area contributed by atoms with Crippen LogP contribution in [-0.4, -0.2) is 37.6 Å². The lowest BCUT2D eigenvalue weighted by molar-refractivity contribution is -0.0526. The third kappa shape index (κ3) is 2.41. The molecule has 1 aromatic carbocycles. The Morgan fingerprint density at radius 1 is 1.24 bits per heavy atom. The first kappa shape index (κ1) is 14.6. The minimum absolute atomic E-state index is 0.132. The molecule has 1 aliphatic carbocycles. The van der Waals surface area contributed by atoms with Gasteiger partial charge in [-0.15, -0.1) is 0 Å². The first-order valence-electron chi connectivity index (χ1n) is 8.15. The van der Waals surface area contributed by atoms with Gasteiger partial charge in [0.15, 0.2) is 11.5 Å². The van der Waals surface area contributed by atoms with Crippen LogP contribution in [0.2, 0.25) is 0 Å². The Labute approximate surface area is 142 Å². The van der Waals surface area contributed by atoms with Crippen molar-refractivity contribution in [1.82, 2.24) is 19.7 Å². The fourth-order valence-electron chi connectivity index (χ4n) is 3.30. The van der Waals surface area contributed by atoms with E-state index < -0.39 is 0 Å². The van der Waals surface area contributed by atoms with Gasteiger partial charge in [-0.1, -0.05) is 0 Å². The van der Waals surface area contributed by atoms with E-state index >= 15 is 0 Å². The first-order chi connectivity index (χ1) is 12.2. The van der Waals surface area contributed by atoms with Crippen molar-refractivity contribution in [3.05, 3.63) is 36.0 Å². The molecule has 0 unspecified atom stereocenters. The highest BCUT2D eigenvalue weighted by Gasteiger charge is 2.31. The summed E-state index contributed by atoms with van der Waals surface area (Å²) in [6.07, 6.45) is 3.37. The van der Waals surface area contributed by atoms with Gasteiger partial charge < -0.3 is 14.6 Å². The molecule has 6 rings (SSSR count). The zero-order valence-electron chi connectivity index (χ0n) is 13.2. The molecule has 0 atom stereocenters. The maximum Gasteiger partial charge on any atom is 0.225 e. The Balaban J connectivity index is 1.72. The number of aromatic nitrogens is 4. The van der Waals surface area contributed by atoms with Crippen LogP contribution < -0.4 is 4.74 Å². The summed E-state index contributed by atoms with van der Waals surface area (Å²) in [5.41, 5.74) is 0.991. The van der Waals surface area contributed by atoms with Crippen molar-refractivity contribution in [3.8, 4) is 17.3 Å². The molecule has 1 N–H and O–H groups in total. The molecule has 2 aliphatic heterocycles. The van der Waals surface area contributed by atoms with Gasteiger partial charge in [-0.25, -0.2) is 14.1 Å². The number of aromatic hydroxyl groups is 1. The number of halogens is 1. The smallest absolute Gasteiger partial charge is 0.225 e. The molecule has 3 aromatic rings. The lowest BCUT2D eigenvalue weighted by Crippen LogP contribution is -2.35. The Kier molecular flexibility index (Phi) is 3.14. The summed E-state index contributed by atoms with van der Waals surface area (Å²) in [6.45, 7) is 0.721. The zero-order chi connectivity index (χ0) is 17.0. The quantitative estimate of drug-likeness (QED) is 0.675. The van der Waals surface area contributed by atoms with E-state index in [2.05, 4.69) is 15.1 Å². The lowest BCUT2D eigenvalue weighted by atomic mass is 9.83. The molecule has 8 heteroatoms. The van der Waals surface area contributed by atoms with Gasteiger partial charge in [0.05, 0.1) is 18.9 Å². The molecule has 7 nitrogen and oxygen atoms in total. The minimum atomic E-state index is -0.382. The van der Waals surface area contributed by atoms with Crippen molar-refractivity contribution in [3.63, 3.8) is 0 Å². The van der Waals surface area contributed by atoms with Crippen LogP contribution in [0.5, 0.6) is 11.6 Å². The first-order valence-corrected chi connectivity index (χ1v) is 8.15. The topological polar surface area (TPSA) is 82.3 Å². The van der Waals surface area contributed by atoms with E-state index in [4.69, 9.17) is 9.47 Å². The van der Waals surface area contributed by atoms with Gasteiger partial charge in [-0.2, -0.15) is 10.1 Å². The van der Waals surface area contributed by atoms with Gasteiger partial charge in [-0.3, -0.25) is 0 Å². The van der Waals surface area contributed by atoms with Crippen LogP contribution >= 0.6 is 0 Å². The lowest BCUT2D eigenvalue weighted by Gasteiger charge is -2.34. The predicted octanol–water partition coefficient (Wildman–Crippen LogP) is 2.35. The Morgan fingerprint density at radius 3 is 3.00 bits per heavy atom. The average molecular weight is 342 g/mol. The van der Waals surface area contributed by atoms with Crippen molar-refractivity contribution in [2.24, 2.45) is 5.92 Å². The van der Waals surface area contributed by atoms with Crippen LogP contribution in [0, 0.1) is 11.7 Å². The molecule has 25 heavy (non-hydrogen) atoms. The molecular formula is C17H15FN4O3. The van der Waals surface area contributed by atoms with E-state index in [0.29, 0.717) is 40.8 Å². The van der Waals surface area contributed by atoms with Crippen LogP contribution in [0.3, 0.4) is 0 Å². The summed E-state index contributed by atoms with van der Waals surface area (Å²) in [5, 5.41) is 14.9. The Bertz CT molecular complexity index is 968. The van der Waals surface area contributed by atoms with Crippen molar-refractivity contribution < 1.29 is 19.0 Å². The number of fused-ring (bicyclic) bond motifs is 2. The van der Waals surface area contributed by atoms with Gasteiger partial charge in [0, 0.05) is 6.07 Å². The minimum Gasteiger partial charge on any atom is -0.493 e. The summed E-state index contributed by atoms with van der Waals surface area (Å²) in [6, 6.07) is 4.28. The molecule has 1 fully saturated rings. The molecule has 0 spiro atoms. The largest absolute Gasteiger partial charge is 0.493 e. The normalized spacial score (nSPS) is 22.3. The molecule has 4 heterocycles. The third-order valence-corrected chi connectivity index (χ3v) is 4.72. The molecule has 4 bridgehead atoms. The fourth-order valence-corrected chi connectivity index (χ4v) is 3.30. The monoisotopic (exact) mass is 342 g/mol. The third-order valence-electron chi connectivity index (χ3n) is 4.72. The summed E-state index contributed by atoms with van der Waals surface area (Å²) in [4.78, 5) is 8.55. The molecule has 1 saturated carbocycles. The second-order valence-electron chi connectivity index (χ2n) is 6.45. The molecule has 2 aromatic heterocycles. The maximum atomic E-state index is 13.7. The second kappa shape index (κ2) is 5.38. The highest BCUT2D eigenvalue weighted by Crippen LogP contribution is 2.34. The van der Waals surface area contributed by atoms with Gasteiger partial charge in [0.1, 0.15) is 29.2 Å². The van der Waals surface area contributed by atoms with E-state index in [1.807, 2.05) is 0 Å². The van der Waals surface area contributed by atoms with Crippen LogP contribution in [0.1, 0.15) is 18.7 Å². The van der Waals surface area contributed by atoms with Gasteiger partial charge in [-0.05, 0) is 30.9 Å². The zero-order valence-corrected chi connectivity index (χ0v) is 13.2. The van der Waals surface area contributed by atoms with E-state index in [1.54, 1.807) is 6.07 Å². The predicted molar refractivity (Wildman–Crippen MR) is 85.1 cm³/mol. The van der Waals surface area contributed by atoms with Crippen LogP contribution in [0.25, 0.3) is 16.7 Å². The van der Waals surface area contributed by atoms with E-state index in [1.165, 1.54) is 23.0 Å². The highest BCUT2D eigenvalue weighted by atomic mass is 19.1. The number of hydrogen-bond donors (Lipinski definition) is 1. The van der Waals surface area contributed by atoms with Gasteiger partial charge in [0.2, 0.25) is 5.88 Å². The van der Waals surface area contributed by atoms with E-state index in [-0.39, 0.29) is 24.4 Å². The molecule has 0 amide bonds. The Morgan fingerprint density at radius 2 is 2.12 bits per heavy atom. The molecule has 0 radical (unpaired) electrons. The van der Waals surface area contributed by atoms with Gasteiger partial charge in [0.25, 0.3) is 0 Å². The van der Waals surface area contributed by atoms with Crippen molar-refractivity contribution >= 4 is 11.0 Å². The number of nitrogens with zero attached hydrogens (tertiary/aromatic N) is 4. The van der Waals surface area contributed by atoms with Crippen LogP contribution in [0.15, 0.2) is 24.4 Å². The van der Waals surface area contributed by atoms with Crippen molar-refractivity contribution in [2.75, 3.05) is 6.61 Å². The van der Waals surface area contributed by atoms with Crippen molar-refractivity contribution in [1.29, 1.82) is 0 Å². The average Bonchev–Trinajstić information content (AvgIpc) is 2.97. The summed E-state index contributed by atoms with van der Waals surface area (Å²) in [5.74, 6) is 0.623. The molecular weight excluding hydrogens is 327 g/mol. The number of benzene rings is 1. The summed E-state index contributed by atoms with van der Waals surface area (Å²) < 4.78 is 26.9. The standard InChI is InChI=1S/C17H15FN4O3/c18-10-1-2-13-14(5-10)25-7-9-3-11(4-9)24-8-15-20-16-12(17(23)21-15)6-19-22(13)16/h1-2,5-6,9,11H,3-4,7-8H2,(H,20,21,23). The Hall–Kier alpha value is -2.74. The summed E-state index contributed by atoms with van der Waals surface area (Å²) in [7, 11) is 0. The molecule has 128 valence electrons. The second-order valence-corrected chi connectivity index (χ2v) is 6.45. The number of ether oxygens (including phenoxy) is 2. The van der Waals surface area contributed by atoms with E-state index in [9.17, 15) is 9.50 Å². The van der Waals surface area contributed by atoms with Crippen LogP contribution in [0.4, 0.5) is 4.39 Å². The summed E-state index contributed by atoms with van der Waals surface area (Å²) >= 11 is 0. The molecule has 0 saturated heterocycles. The van der Waals surface area contributed by atoms with Crippen LogP contribution in [-0.2, 0) is 11.3 Å². The highest BCUT2D eigenvalue weighted by molar-refractivity contribution is 5.81. The molecule has 3 aliphatic rings. The SMILES string of the molecule is Oc1nc2nc3c1cnn3-c1ccc(F)cc1OCC1CC(C1)OC2. The van der Waals surface area contributed by atoms with Gasteiger partial charge >= 0.3 is 0 Å².